The first-order valence-electron chi connectivity index (χ1n) is 13.7. The molecule has 2 fully saturated rings. The number of urea groups is 1. The predicted molar refractivity (Wildman–Crippen MR) is 145 cm³/mol. The van der Waals surface area contributed by atoms with E-state index in [-0.39, 0.29) is 34.6 Å². The molecule has 9 nitrogen and oxygen atoms in total. The monoisotopic (exact) mass is 533 g/mol. The average Bonchev–Trinajstić information content (AvgIpc) is 3.68. The minimum absolute atomic E-state index is 0.0305. The number of carbonyl (C=O) groups is 2. The lowest BCUT2D eigenvalue weighted by molar-refractivity contribution is 0.0608. The molecule has 6 rings (SSSR count). The van der Waals surface area contributed by atoms with Gasteiger partial charge < -0.3 is 15.1 Å². The molecule has 0 bridgehead atoms. The van der Waals surface area contributed by atoms with E-state index in [2.05, 4.69) is 5.32 Å². The van der Waals surface area contributed by atoms with Crippen molar-refractivity contribution in [3.63, 3.8) is 0 Å². The SMILES string of the molecule is CC(C)n1c(=O)n(CC2CC2)c(=O)c2cc(NC(=O)N3CCC[C@@H](N4Cc5ccccc5C4=O)C3)c(F)cc21. The maximum Gasteiger partial charge on any atom is 0.331 e. The number of likely N-dealkylation sites (tertiary alicyclic amines) is 1. The van der Waals surface area contributed by atoms with Crippen LogP contribution in [0.5, 0.6) is 0 Å². The number of hydrogen-bond donors (Lipinski definition) is 1. The first kappa shape index (κ1) is 25.3. The molecule has 0 radical (unpaired) electrons. The van der Waals surface area contributed by atoms with E-state index in [4.69, 9.17) is 0 Å². The van der Waals surface area contributed by atoms with Gasteiger partial charge in [-0.25, -0.2) is 14.0 Å². The maximum atomic E-state index is 15.3. The number of piperidine rings is 1. The summed E-state index contributed by atoms with van der Waals surface area (Å²) < 4.78 is 18.0. The molecule has 39 heavy (non-hydrogen) atoms. The zero-order valence-electron chi connectivity index (χ0n) is 22.2. The number of nitrogens with one attached hydrogen (secondary N) is 1. The van der Waals surface area contributed by atoms with Crippen LogP contribution in [-0.4, -0.2) is 50.0 Å². The Labute approximate surface area is 224 Å². The number of nitrogens with zero attached hydrogens (tertiary/aromatic N) is 4. The van der Waals surface area contributed by atoms with E-state index in [1.54, 1.807) is 4.90 Å². The number of carbonyl (C=O) groups excluding carboxylic acids is 2. The summed E-state index contributed by atoms with van der Waals surface area (Å²) in [6, 6.07) is 9.12. The van der Waals surface area contributed by atoms with E-state index >= 15 is 4.39 Å². The van der Waals surface area contributed by atoms with Gasteiger partial charge in [0.05, 0.1) is 22.6 Å². The molecule has 1 aliphatic carbocycles. The van der Waals surface area contributed by atoms with Crippen molar-refractivity contribution in [1.29, 1.82) is 0 Å². The predicted octanol–water partition coefficient (Wildman–Crippen LogP) is 3.95. The van der Waals surface area contributed by atoms with Crippen molar-refractivity contribution >= 4 is 28.5 Å². The highest BCUT2D eigenvalue weighted by atomic mass is 19.1. The van der Waals surface area contributed by atoms with E-state index in [9.17, 15) is 19.2 Å². The van der Waals surface area contributed by atoms with Crippen LogP contribution in [-0.2, 0) is 13.1 Å². The Hall–Kier alpha value is -3.95. The summed E-state index contributed by atoms with van der Waals surface area (Å²) in [5.41, 5.74) is 0.873. The Morgan fingerprint density at radius 1 is 1.10 bits per heavy atom. The minimum Gasteiger partial charge on any atom is -0.330 e. The van der Waals surface area contributed by atoms with Crippen molar-refractivity contribution in [2.24, 2.45) is 5.92 Å². The van der Waals surface area contributed by atoms with E-state index in [0.29, 0.717) is 44.1 Å². The Bertz CT molecular complexity index is 1610. The van der Waals surface area contributed by atoms with Crippen molar-refractivity contribution < 1.29 is 14.0 Å². The number of amides is 3. The fraction of sp³-hybridized carbons (Fsp3) is 0.448. The van der Waals surface area contributed by atoms with Gasteiger partial charge in [-0.1, -0.05) is 18.2 Å². The van der Waals surface area contributed by atoms with Gasteiger partial charge in [-0.05, 0) is 63.1 Å². The molecule has 1 atom stereocenters. The third-order valence-electron chi connectivity index (χ3n) is 8.13. The summed E-state index contributed by atoms with van der Waals surface area (Å²) in [5.74, 6) is -0.449. The van der Waals surface area contributed by atoms with Gasteiger partial charge in [-0.3, -0.25) is 18.7 Å². The second-order valence-electron chi connectivity index (χ2n) is 11.2. The number of hydrogen-bond acceptors (Lipinski definition) is 4. The molecule has 1 aromatic heterocycles. The topological polar surface area (TPSA) is 96.6 Å². The van der Waals surface area contributed by atoms with Crippen LogP contribution in [0.2, 0.25) is 0 Å². The number of halogens is 1. The first-order valence-corrected chi connectivity index (χ1v) is 13.7. The highest BCUT2D eigenvalue weighted by Gasteiger charge is 2.36. The molecule has 3 heterocycles. The second kappa shape index (κ2) is 9.66. The molecule has 204 valence electrons. The Morgan fingerprint density at radius 3 is 2.59 bits per heavy atom. The molecule has 0 unspecified atom stereocenters. The normalized spacial score (nSPS) is 19.2. The van der Waals surface area contributed by atoms with E-state index in [1.165, 1.54) is 15.2 Å². The van der Waals surface area contributed by atoms with Gasteiger partial charge in [0.15, 0.2) is 0 Å². The lowest BCUT2D eigenvalue weighted by Crippen LogP contribution is -2.51. The largest absolute Gasteiger partial charge is 0.331 e. The van der Waals surface area contributed by atoms with E-state index in [1.807, 2.05) is 43.0 Å². The first-order chi connectivity index (χ1) is 18.7. The van der Waals surface area contributed by atoms with E-state index in [0.717, 1.165) is 30.9 Å². The summed E-state index contributed by atoms with van der Waals surface area (Å²) >= 11 is 0. The van der Waals surface area contributed by atoms with Crippen molar-refractivity contribution in [2.75, 3.05) is 18.4 Å². The zero-order chi connectivity index (χ0) is 27.4. The summed E-state index contributed by atoms with van der Waals surface area (Å²) in [4.78, 5) is 56.1. The molecular weight excluding hydrogens is 501 g/mol. The van der Waals surface area contributed by atoms with Crippen LogP contribution >= 0.6 is 0 Å². The van der Waals surface area contributed by atoms with Crippen LogP contribution in [0.1, 0.15) is 61.5 Å². The quantitative estimate of drug-likeness (QED) is 0.537. The molecule has 3 amide bonds. The van der Waals surface area contributed by atoms with Crippen LogP contribution in [0, 0.1) is 11.7 Å². The molecule has 2 aromatic carbocycles. The van der Waals surface area contributed by atoms with Crippen LogP contribution in [0.15, 0.2) is 46.0 Å². The number of anilines is 1. The van der Waals surface area contributed by atoms with E-state index < -0.39 is 23.1 Å². The minimum atomic E-state index is -0.720. The second-order valence-corrected chi connectivity index (χ2v) is 11.2. The molecule has 10 heteroatoms. The van der Waals surface area contributed by atoms with Crippen molar-refractivity contribution in [2.45, 2.75) is 64.7 Å². The molecule has 0 spiro atoms. The lowest BCUT2D eigenvalue weighted by Gasteiger charge is -2.37. The number of rotatable bonds is 5. The van der Waals surface area contributed by atoms with Gasteiger partial charge in [0.2, 0.25) is 0 Å². The fourth-order valence-electron chi connectivity index (χ4n) is 5.87. The fourth-order valence-corrected chi connectivity index (χ4v) is 5.87. The van der Waals surface area contributed by atoms with Crippen LogP contribution in [0.3, 0.4) is 0 Å². The van der Waals surface area contributed by atoms with Crippen molar-refractivity contribution in [3.05, 3.63) is 74.2 Å². The standard InChI is InChI=1S/C29H32FN5O4/c1-17(2)35-25-13-23(30)24(12-22(25)27(37)34(29(35)39)14-18-9-10-18)31-28(38)32-11-5-7-20(16-32)33-15-19-6-3-4-8-21(19)26(33)36/h3-4,6,8,12-13,17-18,20H,5,7,9-11,14-16H2,1-2H3,(H,31,38)/t20-/m1/s1. The number of fused-ring (bicyclic) bond motifs is 2. The molecule has 1 saturated carbocycles. The van der Waals surface area contributed by atoms with Crippen LogP contribution in [0.4, 0.5) is 14.9 Å². The summed E-state index contributed by atoms with van der Waals surface area (Å²) in [7, 11) is 0. The summed E-state index contributed by atoms with van der Waals surface area (Å²) in [5, 5.41) is 2.84. The number of benzene rings is 2. The molecule has 2 aliphatic heterocycles. The Morgan fingerprint density at radius 2 is 1.87 bits per heavy atom. The van der Waals surface area contributed by atoms with Gasteiger partial charge in [-0.15, -0.1) is 0 Å². The molecular formula is C29H32FN5O4. The Kier molecular flexibility index (Phi) is 6.28. The molecule has 1 N–H and O–H groups in total. The lowest BCUT2D eigenvalue weighted by atomic mass is 10.0. The van der Waals surface area contributed by atoms with Gasteiger partial charge >= 0.3 is 11.7 Å². The average molecular weight is 534 g/mol. The third-order valence-corrected chi connectivity index (χ3v) is 8.13. The summed E-state index contributed by atoms with van der Waals surface area (Å²) in [6.45, 7) is 5.30. The highest BCUT2D eigenvalue weighted by molar-refractivity contribution is 5.98. The van der Waals surface area contributed by atoms with Crippen LogP contribution < -0.4 is 16.6 Å². The molecule has 3 aromatic rings. The smallest absolute Gasteiger partial charge is 0.330 e. The molecule has 3 aliphatic rings. The summed E-state index contributed by atoms with van der Waals surface area (Å²) in [6.07, 6.45) is 3.44. The van der Waals surface area contributed by atoms with Gasteiger partial charge in [0, 0.05) is 43.9 Å². The third kappa shape index (κ3) is 4.51. The Balaban J connectivity index is 1.26. The maximum absolute atomic E-state index is 15.3. The van der Waals surface area contributed by atoms with Gasteiger partial charge in [-0.2, -0.15) is 0 Å². The highest BCUT2D eigenvalue weighted by Crippen LogP contribution is 2.31. The van der Waals surface area contributed by atoms with Crippen molar-refractivity contribution in [1.82, 2.24) is 18.9 Å². The van der Waals surface area contributed by atoms with Crippen molar-refractivity contribution in [3.8, 4) is 0 Å². The molecule has 1 saturated heterocycles. The zero-order valence-corrected chi connectivity index (χ0v) is 22.2. The number of aromatic nitrogens is 2. The van der Waals surface area contributed by atoms with Gasteiger partial charge in [0.25, 0.3) is 11.5 Å². The van der Waals surface area contributed by atoms with Crippen LogP contribution in [0.25, 0.3) is 10.9 Å². The van der Waals surface area contributed by atoms with Gasteiger partial charge in [0.1, 0.15) is 5.82 Å².